The van der Waals surface area contributed by atoms with Crippen LogP contribution >= 0.6 is 0 Å². The molecule has 2 heterocycles. The summed E-state index contributed by atoms with van der Waals surface area (Å²) < 4.78 is 7.40. The van der Waals surface area contributed by atoms with Gasteiger partial charge in [-0.3, -0.25) is 4.90 Å². The maximum Gasteiger partial charge on any atom is 0.0719 e. The molecule has 1 atom stereocenters. The van der Waals surface area contributed by atoms with Crippen molar-refractivity contribution in [3.05, 3.63) is 47.3 Å². The molecule has 1 aliphatic rings. The van der Waals surface area contributed by atoms with Gasteiger partial charge in [-0.05, 0) is 31.0 Å². The monoisotopic (exact) mass is 301 g/mol. The molecule has 2 aromatic rings. The molecule has 0 saturated carbocycles. The molecule has 1 N–H and O–H groups in total. The van der Waals surface area contributed by atoms with Gasteiger partial charge in [0.15, 0.2) is 0 Å². The highest BCUT2D eigenvalue weighted by Gasteiger charge is 2.23. The Morgan fingerprint density at radius 1 is 1.36 bits per heavy atom. The van der Waals surface area contributed by atoms with Crippen LogP contribution in [0.25, 0.3) is 5.69 Å². The zero-order chi connectivity index (χ0) is 15.5. The molecular weight excluding hydrogens is 278 g/mol. The summed E-state index contributed by atoms with van der Waals surface area (Å²) in [7, 11) is 0. The Balaban J connectivity index is 1.95. The molecule has 1 aliphatic heterocycles. The summed E-state index contributed by atoms with van der Waals surface area (Å²) in [5.41, 5.74) is 4.84. The molecule has 1 fully saturated rings. The minimum Gasteiger partial charge on any atom is -0.395 e. The van der Waals surface area contributed by atoms with E-state index in [0.29, 0.717) is 6.61 Å². The molecule has 0 spiro atoms. The lowest BCUT2D eigenvalue weighted by Crippen LogP contribution is -2.47. The van der Waals surface area contributed by atoms with Gasteiger partial charge in [0.05, 0.1) is 31.5 Å². The summed E-state index contributed by atoms with van der Waals surface area (Å²) in [5.74, 6) is 0. The summed E-state index contributed by atoms with van der Waals surface area (Å²) in [6.07, 6.45) is 3.78. The van der Waals surface area contributed by atoms with Crippen LogP contribution < -0.4 is 0 Å². The largest absolute Gasteiger partial charge is 0.395 e. The van der Waals surface area contributed by atoms with Crippen LogP contribution in [-0.4, -0.2) is 52.2 Å². The predicted octanol–water partition coefficient (Wildman–Crippen LogP) is 1.68. The van der Waals surface area contributed by atoms with E-state index in [4.69, 9.17) is 4.74 Å². The van der Waals surface area contributed by atoms with Gasteiger partial charge in [0.25, 0.3) is 0 Å². The highest BCUT2D eigenvalue weighted by atomic mass is 16.5. The first-order valence-corrected chi connectivity index (χ1v) is 7.72. The smallest absolute Gasteiger partial charge is 0.0719 e. The molecule has 1 aromatic carbocycles. The average molecular weight is 301 g/mol. The van der Waals surface area contributed by atoms with E-state index in [9.17, 15) is 5.11 Å². The Bertz CT molecular complexity index is 625. The van der Waals surface area contributed by atoms with Gasteiger partial charge in [0, 0.05) is 25.5 Å². The van der Waals surface area contributed by atoms with Gasteiger partial charge in [-0.1, -0.05) is 17.7 Å². The second-order valence-electron chi connectivity index (χ2n) is 5.92. The van der Waals surface area contributed by atoms with Crippen molar-refractivity contribution in [2.24, 2.45) is 0 Å². The van der Waals surface area contributed by atoms with Crippen LogP contribution in [0.2, 0.25) is 0 Å². The first-order chi connectivity index (χ1) is 10.7. The third-order valence-corrected chi connectivity index (χ3v) is 4.19. The van der Waals surface area contributed by atoms with Crippen molar-refractivity contribution in [1.29, 1.82) is 0 Å². The maximum absolute atomic E-state index is 9.56. The molecule has 0 aliphatic carbocycles. The number of aromatic nitrogens is 2. The van der Waals surface area contributed by atoms with Crippen LogP contribution in [0, 0.1) is 13.8 Å². The van der Waals surface area contributed by atoms with Crippen LogP contribution in [0.3, 0.4) is 0 Å². The normalized spacial score (nSPS) is 19.5. The van der Waals surface area contributed by atoms with Crippen LogP contribution in [-0.2, 0) is 11.3 Å². The fraction of sp³-hybridized carbons (Fsp3) is 0.471. The Morgan fingerprint density at radius 3 is 2.95 bits per heavy atom. The number of aliphatic hydroxyl groups is 1. The number of morpholine rings is 1. The minimum atomic E-state index is 0.0695. The van der Waals surface area contributed by atoms with E-state index in [0.717, 1.165) is 25.4 Å². The van der Waals surface area contributed by atoms with Crippen molar-refractivity contribution >= 4 is 0 Å². The number of aliphatic hydroxyl groups excluding tert-OH is 1. The van der Waals surface area contributed by atoms with E-state index in [1.54, 1.807) is 6.20 Å². The number of benzene rings is 1. The third-order valence-electron chi connectivity index (χ3n) is 4.19. The molecule has 1 unspecified atom stereocenters. The van der Waals surface area contributed by atoms with Crippen molar-refractivity contribution in [1.82, 2.24) is 14.7 Å². The second kappa shape index (κ2) is 6.60. The van der Waals surface area contributed by atoms with Gasteiger partial charge in [-0.2, -0.15) is 5.10 Å². The Morgan fingerprint density at radius 2 is 2.23 bits per heavy atom. The number of ether oxygens (including phenoxy) is 1. The van der Waals surface area contributed by atoms with Crippen molar-refractivity contribution in [2.45, 2.75) is 26.4 Å². The lowest BCUT2D eigenvalue weighted by Gasteiger charge is -2.35. The Kier molecular flexibility index (Phi) is 4.57. The quantitative estimate of drug-likeness (QED) is 0.933. The summed E-state index contributed by atoms with van der Waals surface area (Å²) in [6.45, 7) is 7.32. The Hall–Kier alpha value is -1.69. The third kappa shape index (κ3) is 3.06. The topological polar surface area (TPSA) is 50.5 Å². The van der Waals surface area contributed by atoms with Gasteiger partial charge < -0.3 is 9.84 Å². The first kappa shape index (κ1) is 15.2. The fourth-order valence-corrected chi connectivity index (χ4v) is 3.18. The number of hydrogen-bond donors (Lipinski definition) is 1. The summed E-state index contributed by atoms with van der Waals surface area (Å²) in [4.78, 5) is 2.30. The van der Waals surface area contributed by atoms with E-state index in [1.807, 2.05) is 16.9 Å². The van der Waals surface area contributed by atoms with Crippen molar-refractivity contribution in [2.75, 3.05) is 26.4 Å². The standard InChI is InChI=1S/C17H23N3O2/c1-13-8-14(2)17(20-5-3-4-18-20)15(9-13)10-19-6-7-22-12-16(19)11-21/h3-5,8-9,16,21H,6-7,10-12H2,1-2H3. The van der Waals surface area contributed by atoms with E-state index in [1.165, 1.54) is 16.7 Å². The van der Waals surface area contributed by atoms with E-state index in [-0.39, 0.29) is 12.6 Å². The summed E-state index contributed by atoms with van der Waals surface area (Å²) in [5, 5.41) is 14.0. The van der Waals surface area contributed by atoms with Crippen LogP contribution in [0.1, 0.15) is 16.7 Å². The molecule has 5 nitrogen and oxygen atoms in total. The van der Waals surface area contributed by atoms with Crippen LogP contribution in [0.5, 0.6) is 0 Å². The number of hydrogen-bond acceptors (Lipinski definition) is 4. The highest BCUT2D eigenvalue weighted by Crippen LogP contribution is 2.24. The van der Waals surface area contributed by atoms with Gasteiger partial charge in [0.2, 0.25) is 0 Å². The molecule has 3 rings (SSSR count). The van der Waals surface area contributed by atoms with Gasteiger partial charge in [0.1, 0.15) is 0 Å². The highest BCUT2D eigenvalue weighted by molar-refractivity contribution is 5.49. The lowest BCUT2D eigenvalue weighted by molar-refractivity contribution is -0.0312. The second-order valence-corrected chi connectivity index (χ2v) is 5.92. The van der Waals surface area contributed by atoms with Crippen molar-refractivity contribution < 1.29 is 9.84 Å². The Labute approximate surface area is 131 Å². The van der Waals surface area contributed by atoms with Gasteiger partial charge >= 0.3 is 0 Å². The van der Waals surface area contributed by atoms with Crippen molar-refractivity contribution in [3.63, 3.8) is 0 Å². The molecule has 0 bridgehead atoms. The number of nitrogens with zero attached hydrogens (tertiary/aromatic N) is 3. The van der Waals surface area contributed by atoms with Crippen LogP contribution in [0.15, 0.2) is 30.6 Å². The summed E-state index contributed by atoms with van der Waals surface area (Å²) >= 11 is 0. The number of rotatable bonds is 4. The number of aryl methyl sites for hydroxylation is 2. The van der Waals surface area contributed by atoms with E-state index < -0.39 is 0 Å². The molecule has 118 valence electrons. The van der Waals surface area contributed by atoms with E-state index in [2.05, 4.69) is 36.0 Å². The zero-order valence-corrected chi connectivity index (χ0v) is 13.2. The fourth-order valence-electron chi connectivity index (χ4n) is 3.18. The lowest BCUT2D eigenvalue weighted by atomic mass is 10.0. The minimum absolute atomic E-state index is 0.0695. The van der Waals surface area contributed by atoms with Crippen LogP contribution in [0.4, 0.5) is 0 Å². The molecule has 0 amide bonds. The SMILES string of the molecule is Cc1cc(C)c(-n2cccn2)c(CN2CCOCC2CO)c1. The van der Waals surface area contributed by atoms with Gasteiger partial charge in [-0.25, -0.2) is 4.68 Å². The molecular formula is C17H23N3O2. The molecule has 22 heavy (non-hydrogen) atoms. The average Bonchev–Trinajstić information content (AvgIpc) is 3.01. The van der Waals surface area contributed by atoms with Crippen molar-refractivity contribution in [3.8, 4) is 5.69 Å². The molecule has 0 radical (unpaired) electrons. The van der Waals surface area contributed by atoms with E-state index >= 15 is 0 Å². The molecule has 1 saturated heterocycles. The zero-order valence-electron chi connectivity index (χ0n) is 13.2. The maximum atomic E-state index is 9.56. The summed E-state index contributed by atoms with van der Waals surface area (Å²) in [6, 6.07) is 6.41. The van der Waals surface area contributed by atoms with Gasteiger partial charge in [-0.15, -0.1) is 0 Å². The molecule has 1 aromatic heterocycles. The first-order valence-electron chi connectivity index (χ1n) is 7.72. The molecule has 5 heteroatoms. The predicted molar refractivity (Wildman–Crippen MR) is 85.1 cm³/mol.